The molecule has 1 aliphatic rings. The van der Waals surface area contributed by atoms with Gasteiger partial charge in [0.2, 0.25) is 0 Å². The first-order valence-electron chi connectivity index (χ1n) is 9.17. The molecule has 142 valence electrons. The normalized spacial score (nSPS) is 14.0. The second-order valence-corrected chi connectivity index (χ2v) is 8.11. The van der Waals surface area contributed by atoms with Crippen molar-refractivity contribution in [2.24, 2.45) is 0 Å². The molecule has 2 amide bonds. The van der Waals surface area contributed by atoms with E-state index in [1.54, 1.807) is 23.1 Å². The van der Waals surface area contributed by atoms with Gasteiger partial charge < -0.3 is 15.0 Å². The number of carbonyl (C=O) groups is 2. The maximum absolute atomic E-state index is 12.6. The van der Waals surface area contributed by atoms with Crippen LogP contribution in [0.1, 0.15) is 50.5 Å². The van der Waals surface area contributed by atoms with Gasteiger partial charge in [-0.15, -0.1) is 0 Å². The van der Waals surface area contributed by atoms with Crippen molar-refractivity contribution in [3.63, 3.8) is 0 Å². The molecule has 2 aromatic carbocycles. The molecule has 3 rings (SSSR count). The maximum Gasteiger partial charge on any atom is 0.265 e. The molecule has 5 nitrogen and oxygen atoms in total. The van der Waals surface area contributed by atoms with Crippen LogP contribution in [-0.2, 0) is 10.2 Å². The molecule has 1 aliphatic heterocycles. The van der Waals surface area contributed by atoms with Gasteiger partial charge >= 0.3 is 0 Å². The number of hydrogen-bond donors (Lipinski definition) is 1. The summed E-state index contributed by atoms with van der Waals surface area (Å²) in [4.78, 5) is 26.5. The van der Waals surface area contributed by atoms with Crippen molar-refractivity contribution in [2.45, 2.75) is 46.1 Å². The number of benzene rings is 2. The van der Waals surface area contributed by atoms with Gasteiger partial charge in [-0.2, -0.15) is 0 Å². The van der Waals surface area contributed by atoms with Crippen molar-refractivity contribution < 1.29 is 14.3 Å². The molecule has 0 saturated heterocycles. The summed E-state index contributed by atoms with van der Waals surface area (Å²) < 4.78 is 5.50. The lowest BCUT2D eigenvalue weighted by Crippen LogP contribution is -2.43. The van der Waals surface area contributed by atoms with E-state index in [2.05, 4.69) is 26.1 Å². The number of ether oxygens (including phenoxy) is 1. The number of carbonyl (C=O) groups excluding carboxylic acids is 2. The third kappa shape index (κ3) is 3.97. The maximum atomic E-state index is 12.6. The zero-order valence-electron chi connectivity index (χ0n) is 16.5. The molecular weight excluding hydrogens is 340 g/mol. The largest absolute Gasteiger partial charge is 0.482 e. The van der Waals surface area contributed by atoms with Crippen molar-refractivity contribution in [3.8, 4) is 5.75 Å². The lowest BCUT2D eigenvalue weighted by atomic mass is 9.87. The van der Waals surface area contributed by atoms with E-state index in [1.165, 1.54) is 5.56 Å². The SMILES string of the molecule is CC(C)N1C(=O)COc2ccc(NC(=O)c3ccc(C(C)(C)C)cc3)cc21. The van der Waals surface area contributed by atoms with Crippen LogP contribution in [0.5, 0.6) is 5.75 Å². The highest BCUT2D eigenvalue weighted by Crippen LogP contribution is 2.35. The summed E-state index contributed by atoms with van der Waals surface area (Å²) in [5.74, 6) is 0.379. The molecule has 0 atom stereocenters. The van der Waals surface area contributed by atoms with Gasteiger partial charge in [0.15, 0.2) is 6.61 Å². The second kappa shape index (κ2) is 7.06. The van der Waals surface area contributed by atoms with Crippen LogP contribution in [0.3, 0.4) is 0 Å². The summed E-state index contributed by atoms with van der Waals surface area (Å²) >= 11 is 0. The first-order valence-corrected chi connectivity index (χ1v) is 9.17. The Labute approximate surface area is 160 Å². The minimum absolute atomic E-state index is 0.0102. The van der Waals surface area contributed by atoms with Crippen LogP contribution in [0.25, 0.3) is 0 Å². The van der Waals surface area contributed by atoms with E-state index >= 15 is 0 Å². The van der Waals surface area contributed by atoms with Crippen LogP contribution in [-0.4, -0.2) is 24.5 Å². The van der Waals surface area contributed by atoms with Crippen molar-refractivity contribution in [3.05, 3.63) is 53.6 Å². The average molecular weight is 366 g/mol. The van der Waals surface area contributed by atoms with Gasteiger partial charge in [0.25, 0.3) is 11.8 Å². The molecular formula is C22H26N2O3. The third-order valence-corrected chi connectivity index (χ3v) is 4.63. The zero-order valence-corrected chi connectivity index (χ0v) is 16.5. The van der Waals surface area contributed by atoms with Crippen LogP contribution in [0.4, 0.5) is 11.4 Å². The number of rotatable bonds is 3. The van der Waals surface area contributed by atoms with Gasteiger partial charge in [-0.1, -0.05) is 32.9 Å². The number of fused-ring (bicyclic) bond motifs is 1. The summed E-state index contributed by atoms with van der Waals surface area (Å²) in [7, 11) is 0. The fraction of sp³-hybridized carbons (Fsp3) is 0.364. The Morgan fingerprint density at radius 3 is 2.37 bits per heavy atom. The summed E-state index contributed by atoms with van der Waals surface area (Å²) in [5, 5.41) is 2.91. The number of anilines is 2. The molecule has 0 bridgehead atoms. The summed E-state index contributed by atoms with van der Waals surface area (Å²) in [5.41, 5.74) is 3.12. The summed E-state index contributed by atoms with van der Waals surface area (Å²) in [6, 6.07) is 13.0. The molecule has 0 radical (unpaired) electrons. The number of nitrogens with one attached hydrogen (secondary N) is 1. The Hall–Kier alpha value is -2.82. The molecule has 27 heavy (non-hydrogen) atoms. The highest BCUT2D eigenvalue weighted by atomic mass is 16.5. The molecule has 0 aliphatic carbocycles. The minimum Gasteiger partial charge on any atom is -0.482 e. The Kier molecular flexibility index (Phi) is 4.96. The van der Waals surface area contributed by atoms with E-state index in [4.69, 9.17) is 4.74 Å². The van der Waals surface area contributed by atoms with E-state index in [9.17, 15) is 9.59 Å². The van der Waals surface area contributed by atoms with Gasteiger partial charge in [0, 0.05) is 17.3 Å². The van der Waals surface area contributed by atoms with Gasteiger partial charge in [0.05, 0.1) is 5.69 Å². The molecule has 0 fully saturated rings. The van der Waals surface area contributed by atoms with Gasteiger partial charge in [-0.05, 0) is 55.2 Å². The fourth-order valence-electron chi connectivity index (χ4n) is 3.14. The van der Waals surface area contributed by atoms with Crippen molar-refractivity contribution in [2.75, 3.05) is 16.8 Å². The number of amides is 2. The molecule has 2 aromatic rings. The standard InChI is InChI=1S/C22H26N2O3/c1-14(2)24-18-12-17(10-11-19(18)27-13-20(24)25)23-21(26)15-6-8-16(9-7-15)22(3,4)5/h6-12,14H,13H2,1-5H3,(H,23,26). The Morgan fingerprint density at radius 2 is 1.78 bits per heavy atom. The number of hydrogen-bond acceptors (Lipinski definition) is 3. The summed E-state index contributed by atoms with van der Waals surface area (Å²) in [6.45, 7) is 10.4. The van der Waals surface area contributed by atoms with Crippen LogP contribution in [0.2, 0.25) is 0 Å². The molecule has 5 heteroatoms. The average Bonchev–Trinajstić information content (AvgIpc) is 2.60. The van der Waals surface area contributed by atoms with E-state index in [0.717, 1.165) is 0 Å². The molecule has 1 N–H and O–H groups in total. The Bertz CT molecular complexity index is 864. The molecule has 0 saturated carbocycles. The van der Waals surface area contributed by atoms with E-state index in [0.29, 0.717) is 22.7 Å². The number of nitrogens with zero attached hydrogens (tertiary/aromatic N) is 1. The lowest BCUT2D eigenvalue weighted by Gasteiger charge is -2.32. The highest BCUT2D eigenvalue weighted by molar-refractivity contribution is 6.05. The van der Waals surface area contributed by atoms with Crippen LogP contribution in [0.15, 0.2) is 42.5 Å². The minimum atomic E-state index is -0.186. The topological polar surface area (TPSA) is 58.6 Å². The quantitative estimate of drug-likeness (QED) is 0.877. The highest BCUT2D eigenvalue weighted by Gasteiger charge is 2.28. The zero-order chi connectivity index (χ0) is 19.8. The monoisotopic (exact) mass is 366 g/mol. The van der Waals surface area contributed by atoms with Gasteiger partial charge in [0.1, 0.15) is 5.75 Å². The molecule has 0 unspecified atom stereocenters. The lowest BCUT2D eigenvalue weighted by molar-refractivity contribution is -0.121. The summed E-state index contributed by atoms with van der Waals surface area (Å²) in [6.07, 6.45) is 0. The Balaban J connectivity index is 1.82. The van der Waals surface area contributed by atoms with Gasteiger partial charge in [-0.25, -0.2) is 0 Å². The van der Waals surface area contributed by atoms with Gasteiger partial charge in [-0.3, -0.25) is 9.59 Å². The van der Waals surface area contributed by atoms with Crippen molar-refractivity contribution in [1.29, 1.82) is 0 Å². The smallest absolute Gasteiger partial charge is 0.265 e. The molecule has 0 spiro atoms. The molecule has 0 aromatic heterocycles. The molecule has 1 heterocycles. The predicted molar refractivity (Wildman–Crippen MR) is 108 cm³/mol. The van der Waals surface area contributed by atoms with E-state index in [-0.39, 0.29) is 29.9 Å². The Morgan fingerprint density at radius 1 is 1.11 bits per heavy atom. The van der Waals surface area contributed by atoms with Crippen LogP contribution >= 0.6 is 0 Å². The van der Waals surface area contributed by atoms with Crippen molar-refractivity contribution in [1.82, 2.24) is 0 Å². The van der Waals surface area contributed by atoms with E-state index < -0.39 is 0 Å². The third-order valence-electron chi connectivity index (χ3n) is 4.63. The predicted octanol–water partition coefficient (Wildman–Crippen LogP) is 4.37. The van der Waals surface area contributed by atoms with Crippen LogP contribution in [0, 0.1) is 0 Å². The first-order chi connectivity index (χ1) is 12.7. The van der Waals surface area contributed by atoms with E-state index in [1.807, 2.05) is 38.1 Å². The first kappa shape index (κ1) is 19.0. The van der Waals surface area contributed by atoms with Crippen LogP contribution < -0.4 is 15.0 Å². The van der Waals surface area contributed by atoms with Crippen molar-refractivity contribution >= 4 is 23.2 Å². The fourth-order valence-corrected chi connectivity index (χ4v) is 3.14. The second-order valence-electron chi connectivity index (χ2n) is 8.11.